The third kappa shape index (κ3) is 2.22. The number of rotatable bonds is 2. The molecule has 0 atom stereocenters. The van der Waals surface area contributed by atoms with Gasteiger partial charge in [-0.15, -0.1) is 0 Å². The van der Waals surface area contributed by atoms with E-state index in [1.807, 2.05) is 0 Å². The van der Waals surface area contributed by atoms with Gasteiger partial charge in [-0.05, 0) is 18.2 Å². The second-order valence-electron chi connectivity index (χ2n) is 4.31. The minimum absolute atomic E-state index is 0.0428. The highest BCUT2D eigenvalue weighted by Gasteiger charge is 2.39. The van der Waals surface area contributed by atoms with Crippen LogP contribution in [0, 0.1) is 0 Å². The molecule has 0 spiro atoms. The van der Waals surface area contributed by atoms with Crippen LogP contribution in [0.25, 0.3) is 5.03 Å². The zero-order valence-corrected chi connectivity index (χ0v) is 12.1. The predicted octanol–water partition coefficient (Wildman–Crippen LogP) is 2.42. The lowest BCUT2D eigenvalue weighted by molar-refractivity contribution is -0.112. The SMILES string of the molecule is O=C(Nc1ccccn1)C1=C(Cl)c2ccccc2S1(=O)=O. The Bertz CT molecular complexity index is 861. The summed E-state index contributed by atoms with van der Waals surface area (Å²) >= 11 is 6.07. The molecule has 1 aliphatic heterocycles. The number of carbonyl (C=O) groups is 1. The first-order valence-electron chi connectivity index (χ1n) is 5.98. The average molecular weight is 321 g/mol. The van der Waals surface area contributed by atoms with Gasteiger partial charge >= 0.3 is 0 Å². The van der Waals surface area contributed by atoms with Crippen LogP contribution in [0.2, 0.25) is 0 Å². The summed E-state index contributed by atoms with van der Waals surface area (Å²) in [6.07, 6.45) is 1.49. The summed E-state index contributed by atoms with van der Waals surface area (Å²) in [5.41, 5.74) is 0.338. The molecule has 0 saturated carbocycles. The van der Waals surface area contributed by atoms with Crippen LogP contribution in [-0.2, 0) is 14.6 Å². The third-order valence-electron chi connectivity index (χ3n) is 2.99. The Morgan fingerprint density at radius 2 is 1.81 bits per heavy atom. The van der Waals surface area contributed by atoms with E-state index in [-0.39, 0.29) is 15.7 Å². The molecule has 5 nitrogen and oxygen atoms in total. The summed E-state index contributed by atoms with van der Waals surface area (Å²) < 4.78 is 24.8. The molecule has 1 N–H and O–H groups in total. The fourth-order valence-corrected chi connectivity index (χ4v) is 4.25. The van der Waals surface area contributed by atoms with E-state index in [0.29, 0.717) is 5.56 Å². The molecule has 1 amide bonds. The molecule has 0 radical (unpaired) electrons. The Hall–Kier alpha value is -2.18. The van der Waals surface area contributed by atoms with E-state index in [2.05, 4.69) is 10.3 Å². The molecule has 1 aliphatic rings. The van der Waals surface area contributed by atoms with Crippen molar-refractivity contribution in [2.75, 3.05) is 5.32 Å². The molecule has 0 bridgehead atoms. The largest absolute Gasteiger partial charge is 0.306 e. The van der Waals surface area contributed by atoms with Crippen molar-refractivity contribution >= 4 is 38.2 Å². The lowest BCUT2D eigenvalue weighted by Gasteiger charge is -2.05. The van der Waals surface area contributed by atoms with Gasteiger partial charge in [0, 0.05) is 11.8 Å². The summed E-state index contributed by atoms with van der Waals surface area (Å²) in [6, 6.07) is 11.2. The highest BCUT2D eigenvalue weighted by molar-refractivity contribution is 7.97. The van der Waals surface area contributed by atoms with Crippen molar-refractivity contribution < 1.29 is 13.2 Å². The van der Waals surface area contributed by atoms with E-state index >= 15 is 0 Å². The van der Waals surface area contributed by atoms with Gasteiger partial charge in [0.25, 0.3) is 5.91 Å². The van der Waals surface area contributed by atoms with Crippen LogP contribution < -0.4 is 5.32 Å². The lowest BCUT2D eigenvalue weighted by atomic mass is 10.2. The van der Waals surface area contributed by atoms with Gasteiger partial charge in [-0.2, -0.15) is 0 Å². The van der Waals surface area contributed by atoms with Crippen molar-refractivity contribution in [3.8, 4) is 0 Å². The number of benzene rings is 1. The molecule has 2 heterocycles. The number of aromatic nitrogens is 1. The van der Waals surface area contributed by atoms with Gasteiger partial charge in [-0.3, -0.25) is 4.79 Å². The number of halogens is 1. The normalized spacial score (nSPS) is 15.7. The molecule has 21 heavy (non-hydrogen) atoms. The van der Waals surface area contributed by atoms with E-state index in [0.717, 1.165) is 0 Å². The predicted molar refractivity (Wildman–Crippen MR) is 79.3 cm³/mol. The van der Waals surface area contributed by atoms with E-state index in [4.69, 9.17) is 11.6 Å². The Balaban J connectivity index is 2.04. The summed E-state index contributed by atoms with van der Waals surface area (Å²) in [5.74, 6) is -0.541. The van der Waals surface area contributed by atoms with Gasteiger partial charge in [-0.25, -0.2) is 13.4 Å². The van der Waals surface area contributed by atoms with Crippen LogP contribution in [-0.4, -0.2) is 19.3 Å². The average Bonchev–Trinajstić information content (AvgIpc) is 2.68. The third-order valence-corrected chi connectivity index (χ3v) is 5.36. The Kier molecular flexibility index (Phi) is 3.27. The van der Waals surface area contributed by atoms with Gasteiger partial charge in [0.1, 0.15) is 5.82 Å². The first kappa shape index (κ1) is 13.8. The number of pyridine rings is 1. The van der Waals surface area contributed by atoms with Crippen molar-refractivity contribution in [3.05, 3.63) is 59.1 Å². The highest BCUT2D eigenvalue weighted by Crippen LogP contribution is 2.41. The molecule has 1 aromatic carbocycles. The first-order valence-corrected chi connectivity index (χ1v) is 7.84. The molecular formula is C14H9ClN2O3S. The molecule has 0 aliphatic carbocycles. The topological polar surface area (TPSA) is 76.1 Å². The summed E-state index contributed by atoms with van der Waals surface area (Å²) in [7, 11) is -3.91. The van der Waals surface area contributed by atoms with Crippen molar-refractivity contribution in [1.82, 2.24) is 4.98 Å². The minimum Gasteiger partial charge on any atom is -0.306 e. The summed E-state index contributed by atoms with van der Waals surface area (Å²) in [6.45, 7) is 0. The molecular weight excluding hydrogens is 312 g/mol. The van der Waals surface area contributed by atoms with E-state index in [1.165, 1.54) is 12.3 Å². The summed E-state index contributed by atoms with van der Waals surface area (Å²) in [4.78, 5) is 15.8. The number of anilines is 1. The van der Waals surface area contributed by atoms with Gasteiger partial charge < -0.3 is 5.32 Å². The Labute approximate surface area is 126 Å². The Morgan fingerprint density at radius 3 is 2.48 bits per heavy atom. The zero-order valence-electron chi connectivity index (χ0n) is 10.6. The number of nitrogens with zero attached hydrogens (tertiary/aromatic N) is 1. The van der Waals surface area contributed by atoms with E-state index < -0.39 is 20.6 Å². The van der Waals surface area contributed by atoms with Crippen molar-refractivity contribution in [2.45, 2.75) is 4.90 Å². The van der Waals surface area contributed by atoms with Gasteiger partial charge in [0.05, 0.1) is 9.93 Å². The molecule has 106 valence electrons. The fraction of sp³-hybridized carbons (Fsp3) is 0. The maximum atomic E-state index is 12.4. The number of sulfone groups is 1. The van der Waals surface area contributed by atoms with Gasteiger partial charge in [0.15, 0.2) is 4.91 Å². The van der Waals surface area contributed by atoms with Crippen molar-refractivity contribution in [3.63, 3.8) is 0 Å². The van der Waals surface area contributed by atoms with Gasteiger partial charge in [0.2, 0.25) is 9.84 Å². The minimum atomic E-state index is -3.91. The van der Waals surface area contributed by atoms with Crippen LogP contribution in [0.1, 0.15) is 5.56 Å². The number of amides is 1. The van der Waals surface area contributed by atoms with Crippen molar-refractivity contribution in [2.24, 2.45) is 0 Å². The molecule has 7 heteroatoms. The fourth-order valence-electron chi connectivity index (χ4n) is 2.06. The van der Waals surface area contributed by atoms with Crippen LogP contribution >= 0.6 is 11.6 Å². The van der Waals surface area contributed by atoms with Gasteiger partial charge in [-0.1, -0.05) is 35.9 Å². The maximum Gasteiger partial charge on any atom is 0.270 e. The molecule has 0 unspecified atom stereocenters. The Morgan fingerprint density at radius 1 is 1.10 bits per heavy atom. The zero-order chi connectivity index (χ0) is 15.0. The van der Waals surface area contributed by atoms with Crippen LogP contribution in [0.15, 0.2) is 58.5 Å². The van der Waals surface area contributed by atoms with Crippen LogP contribution in [0.4, 0.5) is 5.82 Å². The van der Waals surface area contributed by atoms with Crippen LogP contribution in [0.5, 0.6) is 0 Å². The number of carbonyl (C=O) groups excluding carboxylic acids is 1. The number of fused-ring (bicyclic) bond motifs is 1. The second kappa shape index (κ2) is 4.98. The molecule has 2 aromatic rings. The van der Waals surface area contributed by atoms with Crippen molar-refractivity contribution in [1.29, 1.82) is 0 Å². The van der Waals surface area contributed by atoms with Crippen LogP contribution in [0.3, 0.4) is 0 Å². The molecule has 3 rings (SSSR count). The van der Waals surface area contributed by atoms with E-state index in [9.17, 15) is 13.2 Å². The maximum absolute atomic E-state index is 12.4. The molecule has 1 aromatic heterocycles. The number of nitrogens with one attached hydrogen (secondary N) is 1. The number of hydrogen-bond donors (Lipinski definition) is 1. The second-order valence-corrected chi connectivity index (χ2v) is 6.54. The quantitative estimate of drug-likeness (QED) is 0.922. The standard InChI is InChI=1S/C14H9ClN2O3S/c15-12-9-5-1-2-6-10(9)21(19,20)13(12)14(18)17-11-7-3-4-8-16-11/h1-8H,(H,16,17,18). The monoisotopic (exact) mass is 320 g/mol. The lowest BCUT2D eigenvalue weighted by Crippen LogP contribution is -2.19. The number of hydrogen-bond acceptors (Lipinski definition) is 4. The molecule has 0 fully saturated rings. The van der Waals surface area contributed by atoms with E-state index in [1.54, 1.807) is 36.4 Å². The molecule has 0 saturated heterocycles. The highest BCUT2D eigenvalue weighted by atomic mass is 35.5. The first-order chi connectivity index (χ1) is 10.0. The smallest absolute Gasteiger partial charge is 0.270 e. The summed E-state index contributed by atoms with van der Waals surface area (Å²) in [5, 5.41) is 2.36.